The number of ketones is 1. The second-order valence-corrected chi connectivity index (χ2v) is 7.10. The fourth-order valence-corrected chi connectivity index (χ4v) is 3.60. The summed E-state index contributed by atoms with van der Waals surface area (Å²) < 4.78 is 0. The first-order valence-electron chi connectivity index (χ1n) is 9.39. The normalized spacial score (nSPS) is 18.2. The number of nitrogens with one attached hydrogen (secondary N) is 1. The van der Waals surface area contributed by atoms with E-state index in [9.17, 15) is 14.7 Å². The van der Waals surface area contributed by atoms with Gasteiger partial charge in [-0.15, -0.1) is 0 Å². The number of aromatic nitrogens is 1. The molecule has 5 nitrogen and oxygen atoms in total. The fraction of sp³-hybridized carbons (Fsp3) is 0.125. The maximum atomic E-state index is 13.3. The van der Waals surface area contributed by atoms with Crippen molar-refractivity contribution < 1.29 is 19.7 Å². The molecule has 1 atom stereocenters. The topological polar surface area (TPSA) is 74.6 Å². The molecule has 144 valence electrons. The van der Waals surface area contributed by atoms with Gasteiger partial charge in [0.2, 0.25) is 5.78 Å². The number of amides is 1. The summed E-state index contributed by atoms with van der Waals surface area (Å²) in [6, 6.07) is 19.2. The van der Waals surface area contributed by atoms with Crippen molar-refractivity contribution in [1.29, 1.82) is 0 Å². The van der Waals surface area contributed by atoms with Crippen molar-refractivity contribution in [2.75, 3.05) is 0 Å². The Balaban J connectivity index is 1.85. The maximum Gasteiger partial charge on any atom is 0.295 e. The lowest BCUT2D eigenvalue weighted by Gasteiger charge is -2.27. The zero-order chi connectivity index (χ0) is 20.4. The number of aryl methyl sites for hydroxylation is 1. The Morgan fingerprint density at radius 1 is 1.00 bits per heavy atom. The highest BCUT2D eigenvalue weighted by molar-refractivity contribution is 6.46. The molecule has 0 aliphatic carbocycles. The lowest BCUT2D eigenvalue weighted by Crippen LogP contribution is -2.29. The van der Waals surface area contributed by atoms with Gasteiger partial charge in [0.05, 0.1) is 12.6 Å². The first kappa shape index (κ1) is 18.6. The summed E-state index contributed by atoms with van der Waals surface area (Å²) in [7, 11) is 0. The average Bonchev–Trinajstić information content (AvgIpc) is 3.00. The predicted octanol–water partition coefficient (Wildman–Crippen LogP) is 2.23. The molecule has 5 heteroatoms. The number of Topliss-reactive ketones (excluding diaryl/α,β-unsaturated/α-hetero) is 1. The van der Waals surface area contributed by atoms with E-state index in [1.165, 1.54) is 4.90 Å². The van der Waals surface area contributed by atoms with Crippen LogP contribution in [0.3, 0.4) is 0 Å². The number of rotatable bonds is 4. The Bertz CT molecular complexity index is 1070. The zero-order valence-electron chi connectivity index (χ0n) is 16.0. The molecule has 29 heavy (non-hydrogen) atoms. The molecular formula is C24H20N2O3. The summed E-state index contributed by atoms with van der Waals surface area (Å²) in [5.74, 6) is -1.79. The van der Waals surface area contributed by atoms with E-state index in [0.717, 1.165) is 16.7 Å². The van der Waals surface area contributed by atoms with E-state index in [1.807, 2.05) is 61.5 Å². The summed E-state index contributed by atoms with van der Waals surface area (Å²) in [6.07, 6.45) is 3.55. The highest BCUT2D eigenvalue weighted by atomic mass is 16.3. The van der Waals surface area contributed by atoms with Gasteiger partial charge in [-0.2, -0.15) is 0 Å². The Kier molecular flexibility index (Phi) is 4.96. The minimum Gasteiger partial charge on any atom is -0.872 e. The lowest BCUT2D eigenvalue weighted by molar-refractivity contribution is -0.378. The van der Waals surface area contributed by atoms with Gasteiger partial charge in [0.25, 0.3) is 5.91 Å². The summed E-state index contributed by atoms with van der Waals surface area (Å²) in [6.45, 7) is 2.16. The van der Waals surface area contributed by atoms with Crippen molar-refractivity contribution in [3.63, 3.8) is 0 Å². The van der Waals surface area contributed by atoms with Crippen molar-refractivity contribution in [3.8, 4) is 0 Å². The second-order valence-electron chi connectivity index (χ2n) is 7.10. The molecule has 2 aromatic carbocycles. The molecule has 2 heterocycles. The van der Waals surface area contributed by atoms with Gasteiger partial charge in [-0.05, 0) is 24.1 Å². The summed E-state index contributed by atoms with van der Waals surface area (Å²) in [5.41, 5.74) is 3.01. The average molecular weight is 384 g/mol. The molecule has 1 aliphatic rings. The molecule has 1 saturated heterocycles. The predicted molar refractivity (Wildman–Crippen MR) is 106 cm³/mol. The van der Waals surface area contributed by atoms with Crippen LogP contribution in [-0.4, -0.2) is 16.6 Å². The molecule has 0 saturated carbocycles. The van der Waals surface area contributed by atoms with Crippen LogP contribution in [0.5, 0.6) is 0 Å². The van der Waals surface area contributed by atoms with Gasteiger partial charge in [-0.25, -0.2) is 4.98 Å². The van der Waals surface area contributed by atoms with Gasteiger partial charge in [0.15, 0.2) is 12.4 Å². The van der Waals surface area contributed by atoms with E-state index in [-0.39, 0.29) is 12.1 Å². The van der Waals surface area contributed by atoms with Gasteiger partial charge in [-0.1, -0.05) is 65.9 Å². The summed E-state index contributed by atoms with van der Waals surface area (Å²) >= 11 is 0. The molecule has 1 amide bonds. The van der Waals surface area contributed by atoms with Crippen LogP contribution in [0.15, 0.2) is 84.7 Å². The van der Waals surface area contributed by atoms with Gasteiger partial charge in [0.1, 0.15) is 0 Å². The Hall–Kier alpha value is -3.73. The number of nitrogens with zero attached hydrogens (tertiary/aromatic N) is 1. The zero-order valence-corrected chi connectivity index (χ0v) is 16.0. The van der Waals surface area contributed by atoms with Gasteiger partial charge < -0.3 is 10.0 Å². The van der Waals surface area contributed by atoms with Crippen LogP contribution >= 0.6 is 0 Å². The Morgan fingerprint density at radius 3 is 2.38 bits per heavy atom. The van der Waals surface area contributed by atoms with Crippen LogP contribution < -0.4 is 10.1 Å². The number of benzene rings is 2. The number of hydrogen-bond donors (Lipinski definition) is 0. The molecule has 1 aliphatic heterocycles. The van der Waals surface area contributed by atoms with Crippen LogP contribution in [0, 0.1) is 6.92 Å². The fourth-order valence-electron chi connectivity index (χ4n) is 3.60. The van der Waals surface area contributed by atoms with Crippen molar-refractivity contribution >= 4 is 17.4 Å². The van der Waals surface area contributed by atoms with E-state index >= 15 is 0 Å². The standard InChI is InChI=1S/C24H20N2O3/c1-16-9-11-19(12-10-16)22(27)20-21(18-7-3-2-4-8-18)26(24(29)23(20)28)15-17-6-5-13-25-14-17/h2-14,21,27H,15H2,1H3. The summed E-state index contributed by atoms with van der Waals surface area (Å²) in [4.78, 5) is 30.3. The number of hydrogen-bond acceptors (Lipinski definition) is 3. The monoisotopic (exact) mass is 384 g/mol. The minimum absolute atomic E-state index is 0.00460. The third-order valence-electron chi connectivity index (χ3n) is 5.08. The highest BCUT2D eigenvalue weighted by Gasteiger charge is 2.44. The highest BCUT2D eigenvalue weighted by Crippen LogP contribution is 2.39. The van der Waals surface area contributed by atoms with E-state index in [1.54, 1.807) is 24.5 Å². The first-order valence-corrected chi connectivity index (χ1v) is 9.39. The number of pyridine rings is 1. The quantitative estimate of drug-likeness (QED) is 0.393. The Labute approximate surface area is 169 Å². The largest absolute Gasteiger partial charge is 0.872 e. The second kappa shape index (κ2) is 7.72. The molecule has 0 spiro atoms. The minimum atomic E-state index is -0.732. The molecular weight excluding hydrogens is 364 g/mol. The molecule has 1 fully saturated rings. The lowest BCUT2D eigenvalue weighted by atomic mass is 9.95. The van der Waals surface area contributed by atoms with Gasteiger partial charge in [-0.3, -0.25) is 9.59 Å². The van der Waals surface area contributed by atoms with Crippen molar-refractivity contribution in [2.45, 2.75) is 19.5 Å². The molecule has 1 unspecified atom stereocenters. The van der Waals surface area contributed by atoms with E-state index in [0.29, 0.717) is 5.56 Å². The van der Waals surface area contributed by atoms with Crippen LogP contribution in [0.2, 0.25) is 0 Å². The van der Waals surface area contributed by atoms with Crippen LogP contribution in [-0.2, 0) is 16.1 Å². The SMILES string of the molecule is Cc1ccc(C([O-])=C2C(=O)C(=O)N(Cc3ccc[nH+]c3)C2c2ccccc2)cc1. The smallest absolute Gasteiger partial charge is 0.295 e. The molecule has 0 radical (unpaired) electrons. The van der Waals surface area contributed by atoms with Crippen LogP contribution in [0.25, 0.3) is 5.76 Å². The summed E-state index contributed by atoms with van der Waals surface area (Å²) in [5, 5.41) is 13.3. The third kappa shape index (κ3) is 3.55. The molecule has 0 bridgehead atoms. The maximum absolute atomic E-state index is 13.3. The molecule has 3 aromatic rings. The first-order chi connectivity index (χ1) is 14.1. The van der Waals surface area contributed by atoms with Crippen molar-refractivity contribution in [2.24, 2.45) is 0 Å². The Morgan fingerprint density at radius 2 is 1.72 bits per heavy atom. The number of likely N-dealkylation sites (tertiary alicyclic amines) is 1. The van der Waals surface area contributed by atoms with Gasteiger partial charge >= 0.3 is 0 Å². The molecule has 1 aromatic heterocycles. The van der Waals surface area contributed by atoms with E-state index < -0.39 is 23.5 Å². The van der Waals surface area contributed by atoms with Crippen molar-refractivity contribution in [3.05, 3.63) is 107 Å². The number of aromatic amines is 1. The number of H-pyrrole nitrogens is 1. The number of carbonyl (C=O) groups is 2. The number of carbonyl (C=O) groups excluding carboxylic acids is 2. The molecule has 4 rings (SSSR count). The van der Waals surface area contributed by atoms with E-state index in [4.69, 9.17) is 0 Å². The van der Waals surface area contributed by atoms with Gasteiger partial charge in [0, 0.05) is 17.2 Å². The van der Waals surface area contributed by atoms with Crippen LogP contribution in [0.4, 0.5) is 0 Å². The van der Waals surface area contributed by atoms with E-state index in [2.05, 4.69) is 4.98 Å². The van der Waals surface area contributed by atoms with Crippen molar-refractivity contribution in [1.82, 2.24) is 4.90 Å². The third-order valence-corrected chi connectivity index (χ3v) is 5.08. The van der Waals surface area contributed by atoms with Crippen LogP contribution in [0.1, 0.15) is 28.3 Å². The molecule has 1 N–H and O–H groups in total.